The quantitative estimate of drug-likeness (QED) is 0.621. The molecule has 1 saturated carbocycles. The average Bonchev–Trinajstić information content (AvgIpc) is 3.25. The first kappa shape index (κ1) is 17.5. The smallest absolute Gasteiger partial charge is 0.399 e. The van der Waals surface area contributed by atoms with E-state index in [1.807, 2.05) is 33.1 Å². The summed E-state index contributed by atoms with van der Waals surface area (Å²) < 4.78 is 29.9. The van der Waals surface area contributed by atoms with Crippen LogP contribution >= 0.6 is 23.7 Å². The number of thioether (sulfide) groups is 1. The highest BCUT2D eigenvalue weighted by Gasteiger charge is 2.54. The lowest BCUT2D eigenvalue weighted by atomic mass is 9.78. The Labute approximate surface area is 146 Å². The van der Waals surface area contributed by atoms with Gasteiger partial charge in [0.2, 0.25) is 0 Å². The number of rotatable bonds is 6. The van der Waals surface area contributed by atoms with Crippen LogP contribution in [0.25, 0.3) is 0 Å². The SMILES string of the molecule is CSCC1(C)OB(c2ccc(NSC3CC3)cc2F)OC1(C)C. The van der Waals surface area contributed by atoms with Gasteiger partial charge in [-0.05, 0) is 63.9 Å². The number of anilines is 1. The van der Waals surface area contributed by atoms with E-state index in [-0.39, 0.29) is 5.82 Å². The van der Waals surface area contributed by atoms with Crippen molar-refractivity contribution in [3.63, 3.8) is 0 Å². The number of hydrogen-bond donors (Lipinski definition) is 1. The van der Waals surface area contributed by atoms with Gasteiger partial charge in [-0.25, -0.2) is 4.39 Å². The zero-order valence-corrected chi connectivity index (χ0v) is 15.7. The molecule has 1 aromatic rings. The Morgan fingerprint density at radius 1 is 1.30 bits per heavy atom. The molecular weight excluding hydrogens is 332 g/mol. The van der Waals surface area contributed by atoms with E-state index >= 15 is 0 Å². The molecule has 3 nitrogen and oxygen atoms in total. The summed E-state index contributed by atoms with van der Waals surface area (Å²) in [7, 11) is -0.660. The first-order chi connectivity index (χ1) is 10.8. The molecule has 0 aromatic heterocycles. The van der Waals surface area contributed by atoms with E-state index in [4.69, 9.17) is 9.31 Å². The molecule has 7 heteroatoms. The summed E-state index contributed by atoms with van der Waals surface area (Å²) in [6.07, 6.45) is 4.52. The highest BCUT2D eigenvalue weighted by molar-refractivity contribution is 8.01. The molecule has 0 amide bonds. The van der Waals surface area contributed by atoms with Crippen LogP contribution in [0.2, 0.25) is 0 Å². The summed E-state index contributed by atoms with van der Waals surface area (Å²) >= 11 is 3.37. The van der Waals surface area contributed by atoms with E-state index in [1.165, 1.54) is 18.9 Å². The fourth-order valence-corrected chi connectivity index (χ4v) is 4.29. The van der Waals surface area contributed by atoms with Crippen LogP contribution in [0.1, 0.15) is 33.6 Å². The molecule has 1 saturated heterocycles. The summed E-state index contributed by atoms with van der Waals surface area (Å²) in [6.45, 7) is 6.04. The van der Waals surface area contributed by atoms with Crippen molar-refractivity contribution >= 4 is 42.0 Å². The van der Waals surface area contributed by atoms with Gasteiger partial charge in [-0.3, -0.25) is 0 Å². The van der Waals surface area contributed by atoms with Gasteiger partial charge in [0.1, 0.15) is 5.82 Å². The minimum absolute atomic E-state index is 0.291. The molecule has 1 heterocycles. The average molecular weight is 355 g/mol. The van der Waals surface area contributed by atoms with Crippen LogP contribution in [0.3, 0.4) is 0 Å². The van der Waals surface area contributed by atoms with E-state index < -0.39 is 18.3 Å². The van der Waals surface area contributed by atoms with Crippen LogP contribution in [-0.2, 0) is 9.31 Å². The first-order valence-corrected chi connectivity index (χ1v) is 10.2. The molecule has 1 aromatic carbocycles. The Morgan fingerprint density at radius 3 is 2.65 bits per heavy atom. The maximum atomic E-state index is 14.5. The molecule has 1 aliphatic heterocycles. The van der Waals surface area contributed by atoms with E-state index in [2.05, 4.69) is 4.72 Å². The number of nitrogens with one attached hydrogen (secondary N) is 1. The lowest BCUT2D eigenvalue weighted by molar-refractivity contribution is 0.00970. The Kier molecular flexibility index (Phi) is 4.94. The van der Waals surface area contributed by atoms with Gasteiger partial charge in [0.15, 0.2) is 0 Å². The van der Waals surface area contributed by atoms with E-state index in [1.54, 1.807) is 29.8 Å². The third kappa shape index (κ3) is 3.68. The summed E-state index contributed by atoms with van der Waals surface area (Å²) in [5.41, 5.74) is 0.339. The second kappa shape index (κ2) is 6.50. The van der Waals surface area contributed by atoms with Crippen molar-refractivity contribution in [1.29, 1.82) is 0 Å². The van der Waals surface area contributed by atoms with Crippen molar-refractivity contribution in [3.8, 4) is 0 Å². The van der Waals surface area contributed by atoms with Gasteiger partial charge in [-0.1, -0.05) is 6.07 Å². The molecule has 0 spiro atoms. The minimum atomic E-state index is -0.660. The highest BCUT2D eigenvalue weighted by Crippen LogP contribution is 2.39. The van der Waals surface area contributed by atoms with Crippen LogP contribution < -0.4 is 10.2 Å². The molecule has 1 N–H and O–H groups in total. The molecule has 2 aliphatic rings. The van der Waals surface area contributed by atoms with Crippen molar-refractivity contribution < 1.29 is 13.7 Å². The van der Waals surface area contributed by atoms with E-state index in [0.29, 0.717) is 10.7 Å². The largest absolute Gasteiger partial charge is 0.497 e. The van der Waals surface area contributed by atoms with Crippen molar-refractivity contribution in [2.75, 3.05) is 16.7 Å². The Balaban J connectivity index is 1.74. The minimum Gasteiger partial charge on any atom is -0.399 e. The summed E-state index contributed by atoms with van der Waals surface area (Å²) in [5.74, 6) is 0.510. The second-order valence-corrected chi connectivity index (χ2v) is 8.87. The van der Waals surface area contributed by atoms with Crippen molar-refractivity contribution in [1.82, 2.24) is 0 Å². The third-order valence-corrected chi connectivity index (χ3v) is 6.58. The van der Waals surface area contributed by atoms with Crippen molar-refractivity contribution in [2.45, 2.75) is 50.1 Å². The normalized spacial score (nSPS) is 26.6. The van der Waals surface area contributed by atoms with Crippen molar-refractivity contribution in [3.05, 3.63) is 24.0 Å². The van der Waals surface area contributed by atoms with Crippen LogP contribution in [0.15, 0.2) is 18.2 Å². The zero-order valence-electron chi connectivity index (χ0n) is 14.0. The van der Waals surface area contributed by atoms with Gasteiger partial charge in [0.05, 0.1) is 11.2 Å². The third-order valence-electron chi connectivity index (χ3n) is 4.58. The van der Waals surface area contributed by atoms with Crippen molar-refractivity contribution in [2.24, 2.45) is 0 Å². The lowest BCUT2D eigenvalue weighted by Gasteiger charge is -2.35. The predicted molar refractivity (Wildman–Crippen MR) is 99.1 cm³/mol. The van der Waals surface area contributed by atoms with E-state index in [0.717, 1.165) is 11.4 Å². The van der Waals surface area contributed by atoms with Crippen LogP contribution in [0.5, 0.6) is 0 Å². The van der Waals surface area contributed by atoms with Gasteiger partial charge < -0.3 is 14.0 Å². The Morgan fingerprint density at radius 2 is 2.04 bits per heavy atom. The topological polar surface area (TPSA) is 30.5 Å². The molecule has 23 heavy (non-hydrogen) atoms. The van der Waals surface area contributed by atoms with Gasteiger partial charge in [0, 0.05) is 22.2 Å². The molecular formula is C16H23BFNO2S2. The molecule has 1 atom stereocenters. The monoisotopic (exact) mass is 355 g/mol. The lowest BCUT2D eigenvalue weighted by Crippen LogP contribution is -2.46. The molecule has 2 fully saturated rings. The first-order valence-electron chi connectivity index (χ1n) is 7.90. The maximum Gasteiger partial charge on any atom is 0.497 e. The fraction of sp³-hybridized carbons (Fsp3) is 0.625. The number of benzene rings is 1. The second-order valence-electron chi connectivity index (χ2n) is 6.90. The molecule has 1 aliphatic carbocycles. The molecule has 0 radical (unpaired) electrons. The number of halogens is 1. The summed E-state index contributed by atoms with van der Waals surface area (Å²) in [5, 5.41) is 0.673. The summed E-state index contributed by atoms with van der Waals surface area (Å²) in [6, 6.07) is 5.17. The van der Waals surface area contributed by atoms with Gasteiger partial charge in [-0.15, -0.1) is 0 Å². The van der Waals surface area contributed by atoms with Crippen LogP contribution in [-0.4, -0.2) is 35.6 Å². The molecule has 3 rings (SSSR count). The van der Waals surface area contributed by atoms with Gasteiger partial charge in [0.25, 0.3) is 0 Å². The predicted octanol–water partition coefficient (Wildman–Crippen LogP) is 3.69. The highest BCUT2D eigenvalue weighted by atomic mass is 32.2. The standard InChI is InChI=1S/C16H23BFNO2S2/c1-15(2)16(3,10-22-4)21-17(20-15)13-8-5-11(9-14(13)18)19-23-12-6-7-12/h5,8-9,12,19H,6-7,10H2,1-4H3. The van der Waals surface area contributed by atoms with Crippen LogP contribution in [0.4, 0.5) is 10.1 Å². The van der Waals surface area contributed by atoms with Gasteiger partial charge >= 0.3 is 7.12 Å². The zero-order chi connectivity index (χ0) is 16.7. The molecule has 126 valence electrons. The Hall–Kier alpha value is -0.365. The fourth-order valence-electron chi connectivity index (χ4n) is 2.52. The number of hydrogen-bond acceptors (Lipinski definition) is 5. The van der Waals surface area contributed by atoms with Gasteiger partial charge in [-0.2, -0.15) is 11.8 Å². The Bertz CT molecular complexity index is 585. The molecule has 1 unspecified atom stereocenters. The maximum absolute atomic E-state index is 14.5. The van der Waals surface area contributed by atoms with E-state index in [9.17, 15) is 4.39 Å². The van der Waals surface area contributed by atoms with Crippen LogP contribution in [0, 0.1) is 5.82 Å². The summed E-state index contributed by atoms with van der Waals surface area (Å²) in [4.78, 5) is 0. The molecule has 0 bridgehead atoms.